The SMILES string of the molecule is Cc1ccc(N2CCc3ccc(N)cc3C2)cc1. The molecule has 0 amide bonds. The second-order valence-corrected chi connectivity index (χ2v) is 5.04. The lowest BCUT2D eigenvalue weighted by atomic mass is 9.98. The number of hydrogen-bond donors (Lipinski definition) is 1. The zero-order valence-corrected chi connectivity index (χ0v) is 10.7. The smallest absolute Gasteiger partial charge is 0.0433 e. The molecule has 0 saturated heterocycles. The highest BCUT2D eigenvalue weighted by molar-refractivity contribution is 5.53. The molecule has 0 unspecified atom stereocenters. The first-order chi connectivity index (χ1) is 8.72. The third-order valence-electron chi connectivity index (χ3n) is 3.64. The van der Waals surface area contributed by atoms with Crippen LogP contribution in [0.5, 0.6) is 0 Å². The van der Waals surface area contributed by atoms with Gasteiger partial charge in [-0.1, -0.05) is 23.8 Å². The van der Waals surface area contributed by atoms with Gasteiger partial charge in [0, 0.05) is 24.5 Å². The fourth-order valence-electron chi connectivity index (χ4n) is 2.55. The van der Waals surface area contributed by atoms with Gasteiger partial charge in [-0.05, 0) is 48.7 Å². The van der Waals surface area contributed by atoms with Crippen LogP contribution >= 0.6 is 0 Å². The summed E-state index contributed by atoms with van der Waals surface area (Å²) in [5.41, 5.74) is 12.1. The summed E-state index contributed by atoms with van der Waals surface area (Å²) in [5.74, 6) is 0. The van der Waals surface area contributed by atoms with Crippen molar-refractivity contribution >= 4 is 11.4 Å². The summed E-state index contributed by atoms with van der Waals surface area (Å²) >= 11 is 0. The Morgan fingerprint density at radius 2 is 1.78 bits per heavy atom. The first-order valence-corrected chi connectivity index (χ1v) is 6.41. The zero-order chi connectivity index (χ0) is 12.5. The number of rotatable bonds is 1. The minimum atomic E-state index is 0.861. The van der Waals surface area contributed by atoms with Crippen molar-refractivity contribution in [2.75, 3.05) is 17.2 Å². The average Bonchev–Trinajstić information content (AvgIpc) is 2.38. The largest absolute Gasteiger partial charge is 0.399 e. The third-order valence-corrected chi connectivity index (χ3v) is 3.64. The first kappa shape index (κ1) is 11.1. The predicted octanol–water partition coefficient (Wildman–Crippen LogP) is 3.14. The number of nitrogens with zero attached hydrogens (tertiary/aromatic N) is 1. The summed E-state index contributed by atoms with van der Waals surface area (Å²) in [6, 6.07) is 15.0. The van der Waals surface area contributed by atoms with Crippen LogP contribution in [0.1, 0.15) is 16.7 Å². The lowest BCUT2D eigenvalue weighted by Crippen LogP contribution is -2.30. The van der Waals surface area contributed by atoms with Crippen molar-refractivity contribution in [1.82, 2.24) is 0 Å². The molecular formula is C16H18N2. The highest BCUT2D eigenvalue weighted by Crippen LogP contribution is 2.25. The van der Waals surface area contributed by atoms with Crippen LogP contribution in [0.15, 0.2) is 42.5 Å². The molecule has 0 atom stereocenters. The third kappa shape index (κ3) is 2.06. The highest BCUT2D eigenvalue weighted by atomic mass is 15.1. The summed E-state index contributed by atoms with van der Waals surface area (Å²) in [4.78, 5) is 2.42. The van der Waals surface area contributed by atoms with E-state index in [1.54, 1.807) is 0 Å². The summed E-state index contributed by atoms with van der Waals surface area (Å²) in [5, 5.41) is 0. The summed E-state index contributed by atoms with van der Waals surface area (Å²) < 4.78 is 0. The second-order valence-electron chi connectivity index (χ2n) is 5.04. The van der Waals surface area contributed by atoms with Gasteiger partial charge < -0.3 is 10.6 Å². The number of hydrogen-bond acceptors (Lipinski definition) is 2. The molecule has 0 fully saturated rings. The van der Waals surface area contributed by atoms with E-state index in [1.807, 2.05) is 6.07 Å². The maximum absolute atomic E-state index is 5.87. The standard InChI is InChI=1S/C16H18N2/c1-12-2-6-16(7-3-12)18-9-8-13-4-5-15(17)10-14(13)11-18/h2-7,10H,8-9,11,17H2,1H3. The Hall–Kier alpha value is -1.96. The van der Waals surface area contributed by atoms with Gasteiger partial charge in [0.1, 0.15) is 0 Å². The molecule has 2 N–H and O–H groups in total. The van der Waals surface area contributed by atoms with Gasteiger partial charge in [-0.15, -0.1) is 0 Å². The van der Waals surface area contributed by atoms with Gasteiger partial charge in [-0.3, -0.25) is 0 Å². The van der Waals surface area contributed by atoms with Crippen molar-refractivity contribution < 1.29 is 0 Å². The number of fused-ring (bicyclic) bond motifs is 1. The van der Waals surface area contributed by atoms with Crippen LogP contribution in [0.3, 0.4) is 0 Å². The van der Waals surface area contributed by atoms with E-state index in [0.717, 1.165) is 25.2 Å². The normalized spacial score (nSPS) is 14.4. The fraction of sp³-hybridized carbons (Fsp3) is 0.250. The summed E-state index contributed by atoms with van der Waals surface area (Å²) in [6.07, 6.45) is 1.10. The van der Waals surface area contributed by atoms with Crippen molar-refractivity contribution in [3.63, 3.8) is 0 Å². The van der Waals surface area contributed by atoms with Crippen molar-refractivity contribution in [1.29, 1.82) is 0 Å². The van der Waals surface area contributed by atoms with Gasteiger partial charge in [0.2, 0.25) is 0 Å². The van der Waals surface area contributed by atoms with Gasteiger partial charge >= 0.3 is 0 Å². The molecule has 2 aromatic rings. The number of aryl methyl sites for hydroxylation is 1. The molecule has 2 heteroatoms. The maximum Gasteiger partial charge on any atom is 0.0433 e. The molecule has 0 spiro atoms. The zero-order valence-electron chi connectivity index (χ0n) is 10.7. The quantitative estimate of drug-likeness (QED) is 0.773. The Bertz CT molecular complexity index is 558. The first-order valence-electron chi connectivity index (χ1n) is 6.41. The van der Waals surface area contributed by atoms with Gasteiger partial charge in [-0.25, -0.2) is 0 Å². The molecule has 1 aliphatic heterocycles. The van der Waals surface area contributed by atoms with E-state index < -0.39 is 0 Å². The lowest BCUT2D eigenvalue weighted by Gasteiger charge is -2.31. The molecule has 0 saturated carbocycles. The molecule has 2 nitrogen and oxygen atoms in total. The number of nitrogen functional groups attached to an aromatic ring is 1. The van der Waals surface area contributed by atoms with Gasteiger partial charge in [0.15, 0.2) is 0 Å². The van der Waals surface area contributed by atoms with Crippen molar-refractivity contribution in [2.24, 2.45) is 0 Å². The van der Waals surface area contributed by atoms with E-state index in [4.69, 9.17) is 5.73 Å². The molecule has 18 heavy (non-hydrogen) atoms. The molecule has 0 bridgehead atoms. The molecule has 0 radical (unpaired) electrons. The number of benzene rings is 2. The van der Waals surface area contributed by atoms with Crippen LogP contribution in [0.25, 0.3) is 0 Å². The Kier molecular flexibility index (Phi) is 2.71. The van der Waals surface area contributed by atoms with E-state index in [9.17, 15) is 0 Å². The van der Waals surface area contributed by atoms with E-state index in [2.05, 4.69) is 48.2 Å². The average molecular weight is 238 g/mol. The minimum absolute atomic E-state index is 0.861. The van der Waals surface area contributed by atoms with Gasteiger partial charge in [-0.2, -0.15) is 0 Å². The van der Waals surface area contributed by atoms with Gasteiger partial charge in [0.05, 0.1) is 0 Å². The molecule has 92 valence electrons. The fourth-order valence-corrected chi connectivity index (χ4v) is 2.55. The molecule has 2 aromatic carbocycles. The molecule has 0 aliphatic carbocycles. The monoisotopic (exact) mass is 238 g/mol. The van der Waals surface area contributed by atoms with Crippen LogP contribution in [0.4, 0.5) is 11.4 Å². The molecule has 1 aliphatic rings. The van der Waals surface area contributed by atoms with E-state index in [-0.39, 0.29) is 0 Å². The Morgan fingerprint density at radius 3 is 2.56 bits per heavy atom. The molecule has 0 aromatic heterocycles. The number of nitrogens with two attached hydrogens (primary N) is 1. The van der Waals surface area contributed by atoms with Crippen molar-refractivity contribution in [3.8, 4) is 0 Å². The lowest BCUT2D eigenvalue weighted by molar-refractivity contribution is 0.732. The molecule has 1 heterocycles. The van der Waals surface area contributed by atoms with Crippen LogP contribution in [0, 0.1) is 6.92 Å². The van der Waals surface area contributed by atoms with E-state index in [1.165, 1.54) is 22.4 Å². The van der Waals surface area contributed by atoms with Crippen LogP contribution in [0.2, 0.25) is 0 Å². The van der Waals surface area contributed by atoms with Crippen LogP contribution < -0.4 is 10.6 Å². The van der Waals surface area contributed by atoms with E-state index in [0.29, 0.717) is 0 Å². The van der Waals surface area contributed by atoms with Crippen molar-refractivity contribution in [3.05, 3.63) is 59.2 Å². The minimum Gasteiger partial charge on any atom is -0.399 e. The number of anilines is 2. The van der Waals surface area contributed by atoms with Gasteiger partial charge in [0.25, 0.3) is 0 Å². The predicted molar refractivity (Wildman–Crippen MR) is 76.8 cm³/mol. The van der Waals surface area contributed by atoms with E-state index >= 15 is 0 Å². The van der Waals surface area contributed by atoms with Crippen molar-refractivity contribution in [2.45, 2.75) is 19.9 Å². The van der Waals surface area contributed by atoms with Crippen LogP contribution in [-0.2, 0) is 13.0 Å². The second kappa shape index (κ2) is 4.37. The maximum atomic E-state index is 5.87. The Balaban J connectivity index is 1.88. The molecule has 3 rings (SSSR count). The summed E-state index contributed by atoms with van der Waals surface area (Å²) in [6.45, 7) is 4.17. The van der Waals surface area contributed by atoms with Crippen LogP contribution in [-0.4, -0.2) is 6.54 Å². The Labute approximate surface area is 108 Å². The molecular weight excluding hydrogens is 220 g/mol. The Morgan fingerprint density at radius 1 is 1.00 bits per heavy atom. The highest BCUT2D eigenvalue weighted by Gasteiger charge is 2.16. The topological polar surface area (TPSA) is 29.3 Å². The summed E-state index contributed by atoms with van der Waals surface area (Å²) in [7, 11) is 0.